The van der Waals surface area contributed by atoms with E-state index < -0.39 is 0 Å². The highest BCUT2D eigenvalue weighted by molar-refractivity contribution is 5.66. The molecule has 0 amide bonds. The first-order valence-electron chi connectivity index (χ1n) is 5.35. The van der Waals surface area contributed by atoms with Crippen LogP contribution in [0.2, 0.25) is 0 Å². The molecule has 0 spiro atoms. The minimum Gasteiger partial charge on any atom is -0.516 e. The molecule has 0 unspecified atom stereocenters. The maximum absolute atomic E-state index is 9.75. The molecule has 0 aliphatic carbocycles. The number of hydrogen-bond donors (Lipinski definition) is 2. The Balaban J connectivity index is -0.000000214. The highest BCUT2D eigenvalue weighted by Crippen LogP contribution is 1.91. The van der Waals surface area contributed by atoms with Crippen molar-refractivity contribution in [2.75, 3.05) is 0 Å². The van der Waals surface area contributed by atoms with Crippen molar-refractivity contribution in [3.63, 3.8) is 0 Å². The van der Waals surface area contributed by atoms with E-state index in [9.17, 15) is 4.79 Å². The fourth-order valence-electron chi connectivity index (χ4n) is 0.614. The van der Waals surface area contributed by atoms with Crippen LogP contribution < -0.4 is 0 Å². The van der Waals surface area contributed by atoms with Gasteiger partial charge in [0.25, 0.3) is 0 Å². The minimum absolute atomic E-state index is 0.329. The Hall–Kier alpha value is -2.82. The molecule has 1 aromatic heterocycles. The molecule has 5 nitrogen and oxygen atoms in total. The monoisotopic (exact) mass is 279 g/mol. The summed E-state index contributed by atoms with van der Waals surface area (Å²) in [4.78, 5) is 13.7. The molecule has 0 radical (unpaired) electrons. The third kappa shape index (κ3) is 29.5. The molecule has 5 heteroatoms. The van der Waals surface area contributed by atoms with Crippen molar-refractivity contribution in [1.82, 2.24) is 4.98 Å². The minimum atomic E-state index is -0.329. The van der Waals surface area contributed by atoms with Crippen LogP contribution in [-0.2, 0) is 9.53 Å². The molecule has 0 fully saturated rings. The van der Waals surface area contributed by atoms with Crippen LogP contribution >= 0.6 is 0 Å². The molecule has 20 heavy (non-hydrogen) atoms. The van der Waals surface area contributed by atoms with Crippen LogP contribution in [-0.4, -0.2) is 21.2 Å². The van der Waals surface area contributed by atoms with E-state index in [4.69, 9.17) is 10.2 Å². The average Bonchev–Trinajstić information content (AvgIpc) is 2.42. The predicted octanol–water partition coefficient (Wildman–Crippen LogP) is 3.79. The quantitative estimate of drug-likeness (QED) is 0.636. The number of aliphatic hydroxyl groups is 2. The van der Waals surface area contributed by atoms with Crippen LogP contribution in [0.4, 0.5) is 0 Å². The van der Waals surface area contributed by atoms with Gasteiger partial charge in [0.15, 0.2) is 0 Å². The Morgan fingerprint density at radius 1 is 1.20 bits per heavy atom. The molecule has 1 rings (SSSR count). The van der Waals surface area contributed by atoms with E-state index in [0.29, 0.717) is 0 Å². The fraction of sp³-hybridized carbons (Fsp3) is 0.0667. The summed E-state index contributed by atoms with van der Waals surface area (Å²) >= 11 is 0. The summed E-state index contributed by atoms with van der Waals surface area (Å²) in [5, 5.41) is 14.7. The summed E-state index contributed by atoms with van der Waals surface area (Å²) in [6.07, 6.45) is 6.07. The topological polar surface area (TPSA) is 79.6 Å². The number of aliphatic hydroxyl groups excluding tert-OH is 2. The number of esters is 1. The Morgan fingerprint density at radius 2 is 1.70 bits per heavy atom. The molecule has 0 saturated carbocycles. The van der Waals surface area contributed by atoms with E-state index in [1.807, 2.05) is 18.2 Å². The van der Waals surface area contributed by atoms with Crippen molar-refractivity contribution in [3.8, 4) is 0 Å². The fourth-order valence-corrected chi connectivity index (χ4v) is 0.614. The first kappa shape index (κ1) is 22.4. The lowest BCUT2D eigenvalue weighted by atomic mass is 10.4. The lowest BCUT2D eigenvalue weighted by molar-refractivity contribution is -0.135. The Bertz CT molecular complexity index is 369. The largest absolute Gasteiger partial charge is 0.516 e. The van der Waals surface area contributed by atoms with Gasteiger partial charge in [-0.3, -0.25) is 9.78 Å². The van der Waals surface area contributed by atoms with Gasteiger partial charge < -0.3 is 14.9 Å². The molecule has 0 aliphatic heterocycles. The van der Waals surface area contributed by atoms with Gasteiger partial charge in [0, 0.05) is 13.1 Å². The van der Waals surface area contributed by atoms with Crippen LogP contribution in [0.15, 0.2) is 69.5 Å². The first-order chi connectivity index (χ1) is 9.53. The summed E-state index contributed by atoms with van der Waals surface area (Å²) < 4.78 is 4.17. The summed E-state index contributed by atoms with van der Waals surface area (Å²) in [5.41, 5.74) is 0.924. The van der Waals surface area contributed by atoms with E-state index in [1.54, 1.807) is 12.3 Å². The number of aromatic nitrogens is 1. The van der Waals surface area contributed by atoms with Gasteiger partial charge >= 0.3 is 5.97 Å². The summed E-state index contributed by atoms with van der Waals surface area (Å²) in [6, 6.07) is 5.73. The van der Waals surface area contributed by atoms with Crippen molar-refractivity contribution in [3.05, 3.63) is 75.2 Å². The predicted molar refractivity (Wildman–Crippen MR) is 81.9 cm³/mol. The molecular formula is C15H21NO4. The second-order valence-electron chi connectivity index (χ2n) is 2.60. The number of nitrogens with zero attached hydrogens (tertiary/aromatic N) is 1. The van der Waals surface area contributed by atoms with Gasteiger partial charge in [-0.05, 0) is 18.2 Å². The van der Waals surface area contributed by atoms with E-state index in [1.165, 1.54) is 6.92 Å². The van der Waals surface area contributed by atoms with Crippen LogP contribution in [0.3, 0.4) is 0 Å². The molecular weight excluding hydrogens is 258 g/mol. The smallest absolute Gasteiger partial charge is 0.307 e. The lowest BCUT2D eigenvalue weighted by Crippen LogP contribution is -1.87. The number of pyridine rings is 1. The van der Waals surface area contributed by atoms with Crippen LogP contribution in [0.1, 0.15) is 12.6 Å². The Labute approximate surface area is 119 Å². The van der Waals surface area contributed by atoms with E-state index in [0.717, 1.165) is 24.5 Å². The zero-order valence-corrected chi connectivity index (χ0v) is 11.6. The van der Waals surface area contributed by atoms with Gasteiger partial charge in [-0.15, -0.1) is 0 Å². The lowest BCUT2D eigenvalue weighted by Gasteiger charge is -1.84. The number of hydrogen-bond acceptors (Lipinski definition) is 5. The van der Waals surface area contributed by atoms with Crippen molar-refractivity contribution < 1.29 is 19.7 Å². The number of carbonyl (C=O) groups excluding carboxylic acids is 1. The molecule has 0 bridgehead atoms. The second kappa shape index (κ2) is 21.5. The standard InChI is InChI=1S/C7H7N.C4H6O2.2C2H4O/c1-2-7-5-3-4-6-8-7;1-3-6-4(2)5;2*1-2-3/h2-6H,1H2;3H,1H2,2H3;2*2-3H,1H2. The third-order valence-corrected chi connectivity index (χ3v) is 1.15. The molecule has 2 N–H and O–H groups in total. The van der Waals surface area contributed by atoms with E-state index >= 15 is 0 Å². The van der Waals surface area contributed by atoms with Gasteiger partial charge in [-0.25, -0.2) is 0 Å². The van der Waals surface area contributed by atoms with Gasteiger partial charge in [-0.2, -0.15) is 0 Å². The number of rotatable bonds is 2. The summed E-state index contributed by atoms with van der Waals surface area (Å²) in [5.74, 6) is -0.329. The number of ether oxygens (including phenoxy) is 1. The normalized spacial score (nSPS) is 6.65. The molecule has 1 heterocycles. The van der Waals surface area contributed by atoms with Crippen molar-refractivity contribution >= 4 is 12.0 Å². The average molecular weight is 279 g/mol. The van der Waals surface area contributed by atoms with Gasteiger partial charge in [0.1, 0.15) is 0 Å². The van der Waals surface area contributed by atoms with Crippen molar-refractivity contribution in [2.24, 2.45) is 0 Å². The molecule has 0 aliphatic rings. The van der Waals surface area contributed by atoms with E-state index in [2.05, 4.69) is 36.0 Å². The maximum atomic E-state index is 9.75. The van der Waals surface area contributed by atoms with Crippen LogP contribution in [0, 0.1) is 0 Å². The summed E-state index contributed by atoms with van der Waals surface area (Å²) in [7, 11) is 0. The van der Waals surface area contributed by atoms with Crippen molar-refractivity contribution in [2.45, 2.75) is 6.92 Å². The number of carbonyl (C=O) groups is 1. The van der Waals surface area contributed by atoms with E-state index in [-0.39, 0.29) is 5.97 Å². The van der Waals surface area contributed by atoms with Crippen molar-refractivity contribution in [1.29, 1.82) is 0 Å². The van der Waals surface area contributed by atoms with Crippen LogP contribution in [0.5, 0.6) is 0 Å². The Kier molecular flexibility index (Phi) is 24.0. The zero-order valence-electron chi connectivity index (χ0n) is 11.6. The SMILES string of the molecule is C=CO.C=CO.C=COC(C)=O.C=Cc1ccccn1. The highest BCUT2D eigenvalue weighted by atomic mass is 16.5. The van der Waals surface area contributed by atoms with Gasteiger partial charge in [0.05, 0.1) is 24.5 Å². The maximum Gasteiger partial charge on any atom is 0.307 e. The molecule has 0 atom stereocenters. The Morgan fingerprint density at radius 3 is 1.85 bits per heavy atom. The highest BCUT2D eigenvalue weighted by Gasteiger charge is 1.79. The molecule has 110 valence electrons. The van der Waals surface area contributed by atoms with Gasteiger partial charge in [-0.1, -0.05) is 32.4 Å². The third-order valence-electron chi connectivity index (χ3n) is 1.15. The molecule has 1 aromatic rings. The molecule has 0 aromatic carbocycles. The van der Waals surface area contributed by atoms with Crippen LogP contribution in [0.25, 0.3) is 6.08 Å². The van der Waals surface area contributed by atoms with Gasteiger partial charge in [0.2, 0.25) is 0 Å². The summed E-state index contributed by atoms with van der Waals surface area (Å²) in [6.45, 7) is 13.9. The zero-order chi connectivity index (χ0) is 16.2. The molecule has 0 saturated heterocycles. The first-order valence-corrected chi connectivity index (χ1v) is 5.35. The second-order valence-corrected chi connectivity index (χ2v) is 2.60.